The Hall–Kier alpha value is -3.83. The second-order valence-electron chi connectivity index (χ2n) is 11.6. The second kappa shape index (κ2) is 12.0. The average molecular weight is 565 g/mol. The van der Waals surface area contributed by atoms with Crippen LogP contribution in [0.1, 0.15) is 68.9 Å². The molecule has 1 fully saturated rings. The molecule has 0 aromatic heterocycles. The van der Waals surface area contributed by atoms with Crippen LogP contribution < -0.4 is 0 Å². The van der Waals surface area contributed by atoms with Gasteiger partial charge in [-0.15, -0.1) is 0 Å². The molecule has 0 radical (unpaired) electrons. The number of halogens is 3. The van der Waals surface area contributed by atoms with Crippen molar-refractivity contribution in [1.29, 1.82) is 5.26 Å². The van der Waals surface area contributed by atoms with E-state index >= 15 is 0 Å². The zero-order valence-electron chi connectivity index (χ0n) is 23.8. The third kappa shape index (κ3) is 7.47. The van der Waals surface area contributed by atoms with Crippen LogP contribution in [-0.2, 0) is 21.1 Å². The molecule has 5 nitrogen and oxygen atoms in total. The number of hydrogen-bond donors (Lipinski definition) is 0. The van der Waals surface area contributed by atoms with E-state index in [9.17, 15) is 18.0 Å². The van der Waals surface area contributed by atoms with Crippen molar-refractivity contribution in [1.82, 2.24) is 4.90 Å². The Morgan fingerprint density at radius 1 is 0.976 bits per heavy atom. The van der Waals surface area contributed by atoms with Crippen molar-refractivity contribution in [3.63, 3.8) is 0 Å². The summed E-state index contributed by atoms with van der Waals surface area (Å²) in [7, 11) is 0. The number of likely N-dealkylation sites (tertiary alicyclic amines) is 1. The lowest BCUT2D eigenvalue weighted by molar-refractivity contribution is -0.137. The summed E-state index contributed by atoms with van der Waals surface area (Å²) in [5.41, 5.74) is 1.13. The summed E-state index contributed by atoms with van der Waals surface area (Å²) >= 11 is 0. The Morgan fingerprint density at radius 2 is 1.61 bits per heavy atom. The first-order valence-corrected chi connectivity index (χ1v) is 13.7. The van der Waals surface area contributed by atoms with Gasteiger partial charge in [0.15, 0.2) is 0 Å². The van der Waals surface area contributed by atoms with Crippen LogP contribution in [0.25, 0.3) is 11.1 Å². The molecule has 1 atom stereocenters. The van der Waals surface area contributed by atoms with Crippen LogP contribution in [0.3, 0.4) is 0 Å². The second-order valence-corrected chi connectivity index (χ2v) is 11.6. The van der Waals surface area contributed by atoms with Crippen LogP contribution >= 0.6 is 0 Å². The smallest absolute Gasteiger partial charge is 0.416 e. The fraction of sp³-hybridized carbons (Fsp3) is 0.394. The van der Waals surface area contributed by atoms with Gasteiger partial charge < -0.3 is 14.4 Å². The number of amides is 1. The lowest BCUT2D eigenvalue weighted by Gasteiger charge is -2.42. The maximum atomic E-state index is 13.9. The molecule has 1 heterocycles. The van der Waals surface area contributed by atoms with E-state index in [2.05, 4.69) is 0 Å². The van der Waals surface area contributed by atoms with Gasteiger partial charge in [0.05, 0.1) is 29.9 Å². The first kappa shape index (κ1) is 30.1. The summed E-state index contributed by atoms with van der Waals surface area (Å²) < 4.78 is 53.6. The van der Waals surface area contributed by atoms with Crippen molar-refractivity contribution in [3.05, 3.63) is 95.1 Å². The molecule has 216 valence electrons. The minimum absolute atomic E-state index is 0.281. The normalized spacial score (nSPS) is 16.1. The fourth-order valence-electron chi connectivity index (χ4n) is 5.09. The van der Waals surface area contributed by atoms with Crippen LogP contribution in [0.4, 0.5) is 18.0 Å². The molecule has 3 aromatic carbocycles. The highest BCUT2D eigenvalue weighted by molar-refractivity contribution is 5.68. The summed E-state index contributed by atoms with van der Waals surface area (Å²) in [5.74, 6) is 0. The standard InChI is InChI=1S/C33H35F3N2O3/c1-23(26-18-27(20-29(19-26)33(34,35)36)25-12-10-24(21-37)11-13-25)40-22-32(28-8-6-5-7-9-28)14-16-38(17-15-32)30(39)41-31(2,3)4/h5-13,18-20,23H,14-17,22H2,1-4H3/t23-/m0/s1. The Labute approximate surface area is 239 Å². The maximum absolute atomic E-state index is 13.9. The third-order valence-corrected chi connectivity index (χ3v) is 7.47. The summed E-state index contributed by atoms with van der Waals surface area (Å²) in [4.78, 5) is 14.4. The number of benzene rings is 3. The van der Waals surface area contributed by atoms with E-state index in [-0.39, 0.29) is 12.7 Å². The Morgan fingerprint density at radius 3 is 2.17 bits per heavy atom. The number of carbonyl (C=O) groups excluding carboxylic acids is 1. The molecule has 41 heavy (non-hydrogen) atoms. The number of rotatable bonds is 6. The summed E-state index contributed by atoms with van der Waals surface area (Å²) in [6.07, 6.45) is -4.26. The summed E-state index contributed by atoms with van der Waals surface area (Å²) in [6, 6.07) is 22.4. The van der Waals surface area contributed by atoms with Crippen LogP contribution in [-0.4, -0.2) is 36.3 Å². The molecular weight excluding hydrogens is 529 g/mol. The van der Waals surface area contributed by atoms with Gasteiger partial charge in [-0.05, 0) is 93.1 Å². The minimum Gasteiger partial charge on any atom is -0.444 e. The Balaban J connectivity index is 1.57. The first-order valence-electron chi connectivity index (χ1n) is 13.7. The van der Waals surface area contributed by atoms with Crippen molar-refractivity contribution in [3.8, 4) is 17.2 Å². The third-order valence-electron chi connectivity index (χ3n) is 7.47. The number of alkyl halides is 3. The number of ether oxygens (including phenoxy) is 2. The predicted molar refractivity (Wildman–Crippen MR) is 151 cm³/mol. The lowest BCUT2D eigenvalue weighted by Crippen LogP contribution is -2.48. The largest absolute Gasteiger partial charge is 0.444 e. The number of nitrogens with zero attached hydrogens (tertiary/aromatic N) is 2. The SMILES string of the molecule is C[C@H](OCC1(c2ccccc2)CCN(C(=O)OC(C)(C)C)CC1)c1cc(-c2ccc(C#N)cc2)cc(C(F)(F)F)c1. The first-order chi connectivity index (χ1) is 19.3. The van der Waals surface area contributed by atoms with Crippen LogP contribution in [0.5, 0.6) is 0 Å². The quantitative estimate of drug-likeness (QED) is 0.302. The van der Waals surface area contributed by atoms with E-state index < -0.39 is 28.9 Å². The van der Waals surface area contributed by atoms with E-state index in [4.69, 9.17) is 14.7 Å². The topological polar surface area (TPSA) is 62.6 Å². The van der Waals surface area contributed by atoms with Gasteiger partial charge in [0, 0.05) is 18.5 Å². The fourth-order valence-corrected chi connectivity index (χ4v) is 5.09. The van der Waals surface area contributed by atoms with Gasteiger partial charge in [0.2, 0.25) is 0 Å². The predicted octanol–water partition coefficient (Wildman–Crippen LogP) is 8.29. The van der Waals surface area contributed by atoms with Crippen LogP contribution in [0.15, 0.2) is 72.8 Å². The molecule has 0 N–H and O–H groups in total. The van der Waals surface area contributed by atoms with Gasteiger partial charge in [-0.1, -0.05) is 42.5 Å². The van der Waals surface area contributed by atoms with Crippen molar-refractivity contribution in [2.45, 2.75) is 63.8 Å². The van der Waals surface area contributed by atoms with E-state index in [0.29, 0.717) is 48.2 Å². The highest BCUT2D eigenvalue weighted by Gasteiger charge is 2.39. The molecule has 0 spiro atoms. The van der Waals surface area contributed by atoms with Crippen LogP contribution in [0, 0.1) is 11.3 Å². The Kier molecular flexibility index (Phi) is 8.79. The summed E-state index contributed by atoms with van der Waals surface area (Å²) in [5, 5.41) is 9.08. The molecular formula is C33H35F3N2O3. The van der Waals surface area contributed by atoms with Gasteiger partial charge in [-0.3, -0.25) is 0 Å². The number of hydrogen-bond acceptors (Lipinski definition) is 4. The molecule has 1 aliphatic heterocycles. The average Bonchev–Trinajstić information content (AvgIpc) is 2.95. The van der Waals surface area contributed by atoms with Gasteiger partial charge in [-0.2, -0.15) is 18.4 Å². The molecule has 1 amide bonds. The van der Waals surface area contributed by atoms with Crippen molar-refractivity contribution < 1.29 is 27.4 Å². The summed E-state index contributed by atoms with van der Waals surface area (Å²) in [6.45, 7) is 8.49. The van der Waals surface area contributed by atoms with Crippen molar-refractivity contribution in [2.75, 3.05) is 19.7 Å². The molecule has 1 aliphatic rings. The van der Waals surface area contributed by atoms with Crippen LogP contribution in [0.2, 0.25) is 0 Å². The molecule has 0 unspecified atom stereocenters. The van der Waals surface area contributed by atoms with Gasteiger partial charge >= 0.3 is 12.3 Å². The van der Waals surface area contributed by atoms with E-state index in [1.54, 1.807) is 42.2 Å². The number of nitriles is 1. The lowest BCUT2D eigenvalue weighted by atomic mass is 9.73. The number of carbonyl (C=O) groups is 1. The van der Waals surface area contributed by atoms with E-state index in [0.717, 1.165) is 17.7 Å². The zero-order valence-corrected chi connectivity index (χ0v) is 23.8. The molecule has 1 saturated heterocycles. The minimum atomic E-state index is -4.53. The molecule has 0 saturated carbocycles. The Bertz CT molecular complexity index is 1380. The van der Waals surface area contributed by atoms with E-state index in [1.807, 2.05) is 57.2 Å². The molecule has 4 rings (SSSR count). The molecule has 3 aromatic rings. The number of piperidine rings is 1. The molecule has 0 aliphatic carbocycles. The maximum Gasteiger partial charge on any atom is 0.416 e. The van der Waals surface area contributed by atoms with Gasteiger partial charge in [-0.25, -0.2) is 4.79 Å². The van der Waals surface area contributed by atoms with E-state index in [1.165, 1.54) is 0 Å². The van der Waals surface area contributed by atoms with Crippen molar-refractivity contribution in [2.24, 2.45) is 0 Å². The highest BCUT2D eigenvalue weighted by atomic mass is 19.4. The van der Waals surface area contributed by atoms with Gasteiger partial charge in [0.25, 0.3) is 0 Å². The molecule has 0 bridgehead atoms. The monoisotopic (exact) mass is 564 g/mol. The van der Waals surface area contributed by atoms with Crippen molar-refractivity contribution >= 4 is 6.09 Å². The van der Waals surface area contributed by atoms with Gasteiger partial charge in [0.1, 0.15) is 5.60 Å². The highest BCUT2D eigenvalue weighted by Crippen LogP contribution is 2.39. The molecule has 8 heteroatoms. The zero-order chi connectivity index (χ0) is 29.8.